The largest absolute Gasteiger partial charge is 0.244 e. The van der Waals surface area contributed by atoms with E-state index < -0.39 is 17.5 Å². The lowest BCUT2D eigenvalue weighted by Crippen LogP contribution is -1.88. The van der Waals surface area contributed by atoms with Crippen LogP contribution in [0.25, 0.3) is 21.7 Å². The van der Waals surface area contributed by atoms with Gasteiger partial charge in [0.05, 0.1) is 0 Å². The molecule has 0 N–H and O–H groups in total. The number of nitrogens with zero attached hydrogens (tertiary/aromatic N) is 1. The topological polar surface area (TPSA) is 12.9 Å². The normalized spacial score (nSPS) is 10.9. The second-order valence-corrected chi connectivity index (χ2v) is 5.83. The molecule has 0 atom stereocenters. The van der Waals surface area contributed by atoms with Crippen LogP contribution in [0.4, 0.5) is 13.2 Å². The van der Waals surface area contributed by atoms with Gasteiger partial charge >= 0.3 is 0 Å². The van der Waals surface area contributed by atoms with Crippen molar-refractivity contribution in [2.24, 2.45) is 0 Å². The molecule has 1 heterocycles. The highest BCUT2D eigenvalue weighted by molar-refractivity contribution is 7.14. The first-order chi connectivity index (χ1) is 10.0. The van der Waals surface area contributed by atoms with E-state index in [0.29, 0.717) is 21.7 Å². The minimum atomic E-state index is -0.951. The van der Waals surface area contributed by atoms with Crippen molar-refractivity contribution in [2.45, 2.75) is 6.92 Å². The van der Waals surface area contributed by atoms with Crippen molar-refractivity contribution in [1.29, 1.82) is 0 Å². The Labute approximate surface area is 123 Å². The molecule has 2 aromatic carbocycles. The molecule has 106 valence electrons. The predicted molar refractivity (Wildman–Crippen MR) is 77.6 cm³/mol. The molecule has 3 rings (SSSR count). The minimum Gasteiger partial charge on any atom is -0.244 e. The average Bonchev–Trinajstić information content (AvgIpc) is 2.88. The van der Waals surface area contributed by atoms with E-state index in [1.807, 2.05) is 6.92 Å². The van der Waals surface area contributed by atoms with Crippen molar-refractivity contribution in [2.75, 3.05) is 0 Å². The van der Waals surface area contributed by atoms with Gasteiger partial charge in [-0.05, 0) is 42.3 Å². The molecule has 0 radical (unpaired) electrons. The van der Waals surface area contributed by atoms with Crippen molar-refractivity contribution in [3.63, 3.8) is 0 Å². The maximum absolute atomic E-state index is 14.2. The van der Waals surface area contributed by atoms with Gasteiger partial charge in [0.2, 0.25) is 0 Å². The molecule has 1 nitrogen and oxygen atoms in total. The summed E-state index contributed by atoms with van der Waals surface area (Å²) in [6.07, 6.45) is 1.68. The van der Waals surface area contributed by atoms with E-state index in [4.69, 9.17) is 0 Å². The SMILES string of the molecule is Cc1cnc(-c2ccc(-c3ccc(F)c(F)c3)cc2F)s1. The molecule has 0 bridgehead atoms. The Morgan fingerprint density at radius 2 is 1.52 bits per heavy atom. The van der Waals surface area contributed by atoms with Gasteiger partial charge in [0, 0.05) is 16.6 Å². The highest BCUT2D eigenvalue weighted by Crippen LogP contribution is 2.30. The molecule has 0 fully saturated rings. The fraction of sp³-hybridized carbons (Fsp3) is 0.0625. The molecular weight excluding hydrogens is 295 g/mol. The second kappa shape index (κ2) is 5.33. The van der Waals surface area contributed by atoms with Gasteiger partial charge in [-0.2, -0.15) is 0 Å². The molecule has 0 spiro atoms. The summed E-state index contributed by atoms with van der Waals surface area (Å²) < 4.78 is 40.4. The first kappa shape index (κ1) is 13.8. The maximum atomic E-state index is 14.2. The lowest BCUT2D eigenvalue weighted by molar-refractivity contribution is 0.509. The van der Waals surface area contributed by atoms with E-state index in [2.05, 4.69) is 4.98 Å². The Morgan fingerprint density at radius 3 is 2.10 bits per heavy atom. The number of aromatic nitrogens is 1. The lowest BCUT2D eigenvalue weighted by atomic mass is 10.0. The monoisotopic (exact) mass is 305 g/mol. The van der Waals surface area contributed by atoms with E-state index >= 15 is 0 Å². The number of aryl methyl sites for hydroxylation is 1. The van der Waals surface area contributed by atoms with Gasteiger partial charge < -0.3 is 0 Å². The van der Waals surface area contributed by atoms with Crippen molar-refractivity contribution in [3.8, 4) is 21.7 Å². The fourth-order valence-corrected chi connectivity index (χ4v) is 2.81. The smallest absolute Gasteiger partial charge is 0.159 e. The summed E-state index contributed by atoms with van der Waals surface area (Å²) in [5.74, 6) is -2.31. The van der Waals surface area contributed by atoms with E-state index in [1.54, 1.807) is 18.3 Å². The van der Waals surface area contributed by atoms with Gasteiger partial charge in [0.25, 0.3) is 0 Å². The summed E-state index contributed by atoms with van der Waals surface area (Å²) in [6.45, 7) is 1.90. The summed E-state index contributed by atoms with van der Waals surface area (Å²) >= 11 is 1.40. The van der Waals surface area contributed by atoms with Crippen LogP contribution >= 0.6 is 11.3 Å². The van der Waals surface area contributed by atoms with Crippen LogP contribution in [-0.2, 0) is 0 Å². The molecule has 1 aromatic heterocycles. The Balaban J connectivity index is 2.03. The molecule has 0 amide bonds. The van der Waals surface area contributed by atoms with E-state index in [9.17, 15) is 13.2 Å². The number of thiazole rings is 1. The van der Waals surface area contributed by atoms with E-state index in [0.717, 1.165) is 17.0 Å². The molecule has 5 heteroatoms. The van der Waals surface area contributed by atoms with Crippen LogP contribution in [0.2, 0.25) is 0 Å². The third-order valence-electron chi connectivity index (χ3n) is 3.07. The summed E-state index contributed by atoms with van der Waals surface area (Å²) in [5.41, 5.74) is 1.32. The van der Waals surface area contributed by atoms with Crippen molar-refractivity contribution >= 4 is 11.3 Å². The van der Waals surface area contributed by atoms with Crippen molar-refractivity contribution < 1.29 is 13.2 Å². The lowest BCUT2D eigenvalue weighted by Gasteiger charge is -2.05. The molecule has 21 heavy (non-hydrogen) atoms. The number of hydrogen-bond donors (Lipinski definition) is 0. The molecule has 0 aliphatic heterocycles. The van der Waals surface area contributed by atoms with E-state index in [-0.39, 0.29) is 0 Å². The first-order valence-electron chi connectivity index (χ1n) is 6.22. The highest BCUT2D eigenvalue weighted by atomic mass is 32.1. The van der Waals surface area contributed by atoms with Gasteiger partial charge in [-0.1, -0.05) is 12.1 Å². The van der Waals surface area contributed by atoms with Crippen LogP contribution in [0.1, 0.15) is 4.88 Å². The Hall–Kier alpha value is -2.14. The zero-order chi connectivity index (χ0) is 15.0. The summed E-state index contributed by atoms with van der Waals surface area (Å²) in [5, 5.41) is 0.599. The zero-order valence-corrected chi connectivity index (χ0v) is 11.8. The average molecular weight is 305 g/mol. The van der Waals surface area contributed by atoms with Crippen LogP contribution in [0, 0.1) is 24.4 Å². The number of halogens is 3. The molecule has 3 aromatic rings. The van der Waals surface area contributed by atoms with Gasteiger partial charge in [-0.25, -0.2) is 18.2 Å². The summed E-state index contributed by atoms with van der Waals surface area (Å²) in [4.78, 5) is 5.14. The number of rotatable bonds is 2. The Kier molecular flexibility index (Phi) is 3.51. The standard InChI is InChI=1S/C16H10F3NS/c1-9-8-20-16(21-9)12-4-2-10(6-14(12)18)11-3-5-13(17)15(19)7-11/h2-8H,1H3. The Bertz CT molecular complexity index is 811. The van der Waals surface area contributed by atoms with Crippen LogP contribution in [0.3, 0.4) is 0 Å². The molecule has 0 saturated carbocycles. The number of benzene rings is 2. The molecule has 0 aliphatic carbocycles. The predicted octanol–water partition coefficient (Wildman–Crippen LogP) is 5.20. The third-order valence-corrected chi connectivity index (χ3v) is 4.02. The quantitative estimate of drug-likeness (QED) is 0.634. The first-order valence-corrected chi connectivity index (χ1v) is 7.04. The van der Waals surface area contributed by atoms with Crippen molar-refractivity contribution in [1.82, 2.24) is 4.98 Å². The van der Waals surface area contributed by atoms with Crippen molar-refractivity contribution in [3.05, 3.63) is 64.9 Å². The van der Waals surface area contributed by atoms with Crippen LogP contribution in [0.5, 0.6) is 0 Å². The minimum absolute atomic E-state index is 0.402. The van der Waals surface area contributed by atoms with Gasteiger partial charge in [0.1, 0.15) is 10.8 Å². The summed E-state index contributed by atoms with van der Waals surface area (Å²) in [7, 11) is 0. The van der Waals surface area contributed by atoms with Gasteiger partial charge in [-0.15, -0.1) is 11.3 Å². The van der Waals surface area contributed by atoms with Crippen LogP contribution in [-0.4, -0.2) is 4.98 Å². The highest BCUT2D eigenvalue weighted by Gasteiger charge is 2.11. The van der Waals surface area contributed by atoms with Crippen LogP contribution < -0.4 is 0 Å². The number of hydrogen-bond acceptors (Lipinski definition) is 2. The molecule has 0 aliphatic rings. The fourth-order valence-electron chi connectivity index (χ4n) is 2.02. The van der Waals surface area contributed by atoms with Gasteiger partial charge in [-0.3, -0.25) is 0 Å². The molecule has 0 saturated heterocycles. The van der Waals surface area contributed by atoms with Crippen LogP contribution in [0.15, 0.2) is 42.6 Å². The molecular formula is C16H10F3NS. The maximum Gasteiger partial charge on any atom is 0.159 e. The Morgan fingerprint density at radius 1 is 0.857 bits per heavy atom. The third kappa shape index (κ3) is 2.69. The molecule has 0 unspecified atom stereocenters. The zero-order valence-electron chi connectivity index (χ0n) is 11.0. The summed E-state index contributed by atoms with van der Waals surface area (Å²) in [6, 6.07) is 8.07. The van der Waals surface area contributed by atoms with Gasteiger partial charge in [0.15, 0.2) is 11.6 Å². The second-order valence-electron chi connectivity index (χ2n) is 4.60. The van der Waals surface area contributed by atoms with E-state index in [1.165, 1.54) is 23.5 Å².